The summed E-state index contributed by atoms with van der Waals surface area (Å²) in [5, 5.41) is 8.65. The molecule has 7 nitrogen and oxygen atoms in total. The van der Waals surface area contributed by atoms with Gasteiger partial charge < -0.3 is 9.88 Å². The lowest BCUT2D eigenvalue weighted by atomic mass is 10.1. The summed E-state index contributed by atoms with van der Waals surface area (Å²) < 4.78 is 24.2. The fourth-order valence-electron chi connectivity index (χ4n) is 1.86. The summed E-state index contributed by atoms with van der Waals surface area (Å²) in [7, 11) is -1.79. The second kappa shape index (κ2) is 7.62. The lowest BCUT2D eigenvalue weighted by Gasteiger charge is -2.06. The van der Waals surface area contributed by atoms with E-state index < -0.39 is 10.0 Å². The third-order valence-electron chi connectivity index (χ3n) is 3.10. The van der Waals surface area contributed by atoms with Crippen molar-refractivity contribution in [3.05, 3.63) is 42.2 Å². The summed E-state index contributed by atoms with van der Waals surface area (Å²) in [4.78, 5) is 16.0. The number of aryl methyl sites for hydroxylation is 1. The number of primary sulfonamides is 1. The number of sulfonamides is 1. The molecular formula is C14H18N4O3S2. The predicted molar refractivity (Wildman–Crippen MR) is 88.5 cm³/mol. The smallest absolute Gasteiger partial charge is 0.238 e. The summed E-state index contributed by atoms with van der Waals surface area (Å²) in [6.07, 6.45) is 4.13. The zero-order valence-electron chi connectivity index (χ0n) is 12.6. The molecule has 0 saturated carbocycles. The van der Waals surface area contributed by atoms with E-state index in [1.54, 1.807) is 18.3 Å². The number of amides is 1. The number of aromatic nitrogens is 2. The highest BCUT2D eigenvalue weighted by Gasteiger charge is 2.08. The Kier molecular flexibility index (Phi) is 5.80. The molecule has 0 radical (unpaired) electrons. The number of hydrogen-bond acceptors (Lipinski definition) is 5. The van der Waals surface area contributed by atoms with Crippen molar-refractivity contribution in [2.24, 2.45) is 12.2 Å². The summed E-state index contributed by atoms with van der Waals surface area (Å²) >= 11 is 1.37. The van der Waals surface area contributed by atoms with E-state index in [9.17, 15) is 13.2 Å². The number of nitrogens with one attached hydrogen (secondary N) is 1. The summed E-state index contributed by atoms with van der Waals surface area (Å²) in [5.74, 6) is 0.231. The number of benzene rings is 1. The van der Waals surface area contributed by atoms with Crippen molar-refractivity contribution in [3.8, 4) is 0 Å². The number of imidazole rings is 1. The van der Waals surface area contributed by atoms with Crippen molar-refractivity contribution in [2.45, 2.75) is 16.5 Å². The van der Waals surface area contributed by atoms with Crippen LogP contribution >= 0.6 is 11.8 Å². The van der Waals surface area contributed by atoms with Crippen LogP contribution in [0.4, 0.5) is 0 Å². The fraction of sp³-hybridized carbons (Fsp3) is 0.286. The minimum absolute atomic E-state index is 0.0702. The van der Waals surface area contributed by atoms with E-state index in [4.69, 9.17) is 5.14 Å². The first kappa shape index (κ1) is 17.5. The quantitative estimate of drug-likeness (QED) is 0.705. The average Bonchev–Trinajstić information content (AvgIpc) is 2.90. The molecular weight excluding hydrogens is 336 g/mol. The molecule has 0 atom stereocenters. The number of nitrogens with two attached hydrogens (primary N) is 1. The average molecular weight is 354 g/mol. The zero-order valence-corrected chi connectivity index (χ0v) is 14.2. The van der Waals surface area contributed by atoms with Gasteiger partial charge in [-0.2, -0.15) is 0 Å². The normalized spacial score (nSPS) is 11.4. The second-order valence-corrected chi connectivity index (χ2v) is 7.40. The molecule has 0 fully saturated rings. The van der Waals surface area contributed by atoms with E-state index in [2.05, 4.69) is 10.3 Å². The van der Waals surface area contributed by atoms with Gasteiger partial charge in [-0.1, -0.05) is 23.9 Å². The molecule has 9 heteroatoms. The maximum atomic E-state index is 11.8. The Labute approximate surface area is 139 Å². The van der Waals surface area contributed by atoms with E-state index in [-0.39, 0.29) is 10.8 Å². The van der Waals surface area contributed by atoms with Gasteiger partial charge in [0.1, 0.15) is 0 Å². The van der Waals surface area contributed by atoms with Crippen LogP contribution in [0.2, 0.25) is 0 Å². The summed E-state index contributed by atoms with van der Waals surface area (Å²) in [5.41, 5.74) is 0.925. The molecule has 0 spiro atoms. The highest BCUT2D eigenvalue weighted by molar-refractivity contribution is 7.99. The largest absolute Gasteiger partial charge is 0.355 e. The van der Waals surface area contributed by atoms with Crippen molar-refractivity contribution in [2.75, 3.05) is 12.3 Å². The number of thioether (sulfide) groups is 1. The Hall–Kier alpha value is -1.84. The first-order valence-electron chi connectivity index (χ1n) is 6.85. The van der Waals surface area contributed by atoms with Crippen LogP contribution in [0.5, 0.6) is 0 Å². The van der Waals surface area contributed by atoms with Gasteiger partial charge in [-0.3, -0.25) is 4.79 Å². The van der Waals surface area contributed by atoms with Crippen LogP contribution in [0, 0.1) is 0 Å². The standard InChI is InChI=1S/C14H18N4O3S2/c1-18-9-8-17-14(18)22-10-13(19)16-7-6-11-2-4-12(5-3-11)23(15,20)21/h2-5,8-9H,6-7,10H2,1H3,(H,16,19)(H2,15,20,21). The number of carbonyl (C=O) groups is 1. The van der Waals surface area contributed by atoms with Gasteiger partial charge >= 0.3 is 0 Å². The molecule has 0 aliphatic heterocycles. The Morgan fingerprint density at radius 3 is 2.61 bits per heavy atom. The van der Waals surface area contributed by atoms with Crippen LogP contribution in [0.3, 0.4) is 0 Å². The van der Waals surface area contributed by atoms with Crippen LogP contribution in [0.1, 0.15) is 5.56 Å². The van der Waals surface area contributed by atoms with Crippen LogP contribution in [-0.2, 0) is 28.3 Å². The van der Waals surface area contributed by atoms with E-state index in [0.29, 0.717) is 18.7 Å². The van der Waals surface area contributed by atoms with Gasteiger partial charge in [0, 0.05) is 26.0 Å². The van der Waals surface area contributed by atoms with E-state index in [1.165, 1.54) is 23.9 Å². The lowest BCUT2D eigenvalue weighted by Crippen LogP contribution is -2.27. The molecule has 124 valence electrons. The molecule has 1 amide bonds. The van der Waals surface area contributed by atoms with E-state index in [0.717, 1.165) is 10.7 Å². The van der Waals surface area contributed by atoms with Crippen molar-refractivity contribution in [1.29, 1.82) is 0 Å². The first-order chi connectivity index (χ1) is 10.9. The first-order valence-corrected chi connectivity index (χ1v) is 9.38. The number of carbonyl (C=O) groups excluding carboxylic acids is 1. The van der Waals surface area contributed by atoms with Crippen LogP contribution in [0.15, 0.2) is 46.7 Å². The second-order valence-electron chi connectivity index (χ2n) is 4.90. The Morgan fingerprint density at radius 1 is 1.35 bits per heavy atom. The minimum Gasteiger partial charge on any atom is -0.355 e. The SMILES string of the molecule is Cn1ccnc1SCC(=O)NCCc1ccc(S(N)(=O)=O)cc1. The van der Waals surface area contributed by atoms with Crippen molar-refractivity contribution < 1.29 is 13.2 Å². The monoisotopic (exact) mass is 354 g/mol. The number of hydrogen-bond donors (Lipinski definition) is 2. The van der Waals surface area contributed by atoms with E-state index >= 15 is 0 Å². The van der Waals surface area contributed by atoms with Gasteiger partial charge in [0.25, 0.3) is 0 Å². The topological polar surface area (TPSA) is 107 Å². The van der Waals surface area contributed by atoms with Crippen LogP contribution < -0.4 is 10.5 Å². The molecule has 1 heterocycles. The highest BCUT2D eigenvalue weighted by Crippen LogP contribution is 2.13. The number of rotatable bonds is 7. The molecule has 0 bridgehead atoms. The predicted octanol–water partition coefficient (Wildman–Crippen LogP) is 0.519. The molecule has 0 aliphatic rings. The zero-order chi connectivity index (χ0) is 16.9. The molecule has 1 aromatic heterocycles. The van der Waals surface area contributed by atoms with Crippen molar-refractivity contribution >= 4 is 27.7 Å². The molecule has 3 N–H and O–H groups in total. The Balaban J connectivity index is 1.74. The van der Waals surface area contributed by atoms with Gasteiger partial charge in [0.15, 0.2) is 5.16 Å². The lowest BCUT2D eigenvalue weighted by molar-refractivity contribution is -0.118. The van der Waals surface area contributed by atoms with Crippen molar-refractivity contribution in [3.63, 3.8) is 0 Å². The van der Waals surface area contributed by atoms with Crippen LogP contribution in [-0.4, -0.2) is 36.2 Å². The molecule has 2 aromatic rings. The third kappa shape index (κ3) is 5.38. The van der Waals surface area contributed by atoms with Gasteiger partial charge in [-0.15, -0.1) is 0 Å². The van der Waals surface area contributed by atoms with Gasteiger partial charge in [-0.05, 0) is 24.1 Å². The molecule has 23 heavy (non-hydrogen) atoms. The molecule has 0 saturated heterocycles. The summed E-state index contributed by atoms with van der Waals surface area (Å²) in [6.45, 7) is 0.481. The molecule has 1 aromatic carbocycles. The molecule has 0 unspecified atom stereocenters. The van der Waals surface area contributed by atoms with Crippen molar-refractivity contribution in [1.82, 2.24) is 14.9 Å². The maximum absolute atomic E-state index is 11.8. The summed E-state index contributed by atoms with van der Waals surface area (Å²) in [6, 6.07) is 6.30. The van der Waals surface area contributed by atoms with Gasteiger partial charge in [0.05, 0.1) is 10.6 Å². The van der Waals surface area contributed by atoms with E-state index in [1.807, 2.05) is 17.8 Å². The fourth-order valence-corrected chi connectivity index (χ4v) is 3.14. The van der Waals surface area contributed by atoms with Gasteiger partial charge in [-0.25, -0.2) is 18.5 Å². The Bertz CT molecular complexity index is 770. The third-order valence-corrected chi connectivity index (χ3v) is 5.08. The molecule has 0 aliphatic carbocycles. The molecule has 2 rings (SSSR count). The Morgan fingerprint density at radius 2 is 2.04 bits per heavy atom. The highest BCUT2D eigenvalue weighted by atomic mass is 32.2. The maximum Gasteiger partial charge on any atom is 0.238 e. The minimum atomic E-state index is -3.67. The van der Waals surface area contributed by atoms with Crippen LogP contribution in [0.25, 0.3) is 0 Å². The number of nitrogens with zero attached hydrogens (tertiary/aromatic N) is 2. The van der Waals surface area contributed by atoms with Gasteiger partial charge in [0.2, 0.25) is 15.9 Å².